The molecule has 3 aromatic rings. The second-order valence-electron chi connectivity index (χ2n) is 10.0. The van der Waals surface area contributed by atoms with Gasteiger partial charge >= 0.3 is 13.7 Å². The Labute approximate surface area is 202 Å². The highest BCUT2D eigenvalue weighted by Gasteiger charge is 2.52. The van der Waals surface area contributed by atoms with Crippen LogP contribution in [-0.2, 0) is 9.31 Å². The van der Waals surface area contributed by atoms with Gasteiger partial charge in [-0.3, -0.25) is 4.79 Å². The van der Waals surface area contributed by atoms with Gasteiger partial charge in [0.15, 0.2) is 6.29 Å². The fraction of sp³-hybridized carbons (Fsp3) is 0.440. The van der Waals surface area contributed by atoms with Crippen LogP contribution in [-0.4, -0.2) is 47.8 Å². The Hall–Kier alpha value is -2.82. The molecule has 0 aliphatic carbocycles. The van der Waals surface area contributed by atoms with E-state index in [0.717, 1.165) is 22.3 Å². The Bertz CT molecular complexity index is 1280. The quantitative estimate of drug-likeness (QED) is 0.422. The molecule has 35 heavy (non-hydrogen) atoms. The van der Waals surface area contributed by atoms with E-state index >= 15 is 0 Å². The number of imidazole rings is 1. The molecule has 0 bridgehead atoms. The zero-order chi connectivity index (χ0) is 25.1. The van der Waals surface area contributed by atoms with Crippen molar-refractivity contribution in [1.82, 2.24) is 14.9 Å². The standard InChI is InChI=1S/C25H28BF2N3O4/c1-24(2)25(3,4)35-26(34-24)15-9-10-16-18(11-15)31-19(12-17(29-5)22(31)30-16)21-14(13-32)7-6-8-20(21)33-23(27)28/h6-11,13,17,19,23,29H,12H2,1-5H3/t17-,19-/m1/s1. The summed E-state index contributed by atoms with van der Waals surface area (Å²) in [7, 11) is 1.27. The number of aromatic nitrogens is 2. The van der Waals surface area contributed by atoms with Crippen LogP contribution in [0.2, 0.25) is 0 Å². The van der Waals surface area contributed by atoms with Gasteiger partial charge in [-0.15, -0.1) is 0 Å². The van der Waals surface area contributed by atoms with Gasteiger partial charge in [0.2, 0.25) is 0 Å². The minimum Gasteiger partial charge on any atom is -0.434 e. The molecular weight excluding hydrogens is 455 g/mol. The van der Waals surface area contributed by atoms with Crippen LogP contribution in [0.1, 0.15) is 67.9 Å². The average Bonchev–Trinajstić information content (AvgIpc) is 3.40. The molecule has 1 N–H and O–H groups in total. The summed E-state index contributed by atoms with van der Waals surface area (Å²) in [4.78, 5) is 16.8. The van der Waals surface area contributed by atoms with E-state index in [0.29, 0.717) is 23.8 Å². The number of rotatable bonds is 6. The van der Waals surface area contributed by atoms with Crippen molar-refractivity contribution in [3.8, 4) is 5.75 Å². The molecule has 0 spiro atoms. The van der Waals surface area contributed by atoms with Crippen LogP contribution in [0.4, 0.5) is 8.78 Å². The van der Waals surface area contributed by atoms with Gasteiger partial charge in [0.05, 0.1) is 34.3 Å². The number of fused-ring (bicyclic) bond motifs is 3. The highest BCUT2D eigenvalue weighted by atomic mass is 19.3. The molecule has 2 aromatic carbocycles. The minimum atomic E-state index is -3.01. The Morgan fingerprint density at radius 2 is 1.91 bits per heavy atom. The Morgan fingerprint density at radius 1 is 1.20 bits per heavy atom. The van der Waals surface area contributed by atoms with Crippen LogP contribution in [0.25, 0.3) is 11.0 Å². The predicted molar refractivity (Wildman–Crippen MR) is 128 cm³/mol. The van der Waals surface area contributed by atoms with E-state index in [1.165, 1.54) is 6.07 Å². The van der Waals surface area contributed by atoms with Gasteiger partial charge < -0.3 is 23.9 Å². The van der Waals surface area contributed by atoms with E-state index in [1.54, 1.807) is 12.1 Å². The molecule has 0 amide bonds. The number of carbonyl (C=O) groups excluding carboxylic acids is 1. The van der Waals surface area contributed by atoms with Crippen molar-refractivity contribution in [3.05, 3.63) is 53.3 Å². The molecule has 3 heterocycles. The Balaban J connectivity index is 1.66. The van der Waals surface area contributed by atoms with Gasteiger partial charge in [-0.05, 0) is 64.8 Å². The van der Waals surface area contributed by atoms with E-state index in [-0.39, 0.29) is 11.8 Å². The van der Waals surface area contributed by atoms with E-state index in [4.69, 9.17) is 19.0 Å². The Kier molecular flexibility index (Phi) is 5.73. The van der Waals surface area contributed by atoms with E-state index in [9.17, 15) is 13.6 Å². The molecule has 1 aromatic heterocycles. The SMILES string of the molecule is CN[C@@H]1C[C@H](c2c(C=O)cccc2OC(F)F)n2c1nc1ccc(B3OC(C)(C)C(C)(C)O3)cc12. The summed E-state index contributed by atoms with van der Waals surface area (Å²) < 4.78 is 45.8. The number of nitrogens with one attached hydrogen (secondary N) is 1. The third-order valence-electron chi connectivity index (χ3n) is 7.47. The highest BCUT2D eigenvalue weighted by molar-refractivity contribution is 6.62. The van der Waals surface area contributed by atoms with Crippen LogP contribution in [0.5, 0.6) is 5.75 Å². The summed E-state index contributed by atoms with van der Waals surface area (Å²) >= 11 is 0. The molecule has 2 aliphatic heterocycles. The minimum absolute atomic E-state index is 0.0127. The molecule has 5 rings (SSSR count). The first-order valence-corrected chi connectivity index (χ1v) is 11.6. The lowest BCUT2D eigenvalue weighted by molar-refractivity contribution is -0.0507. The van der Waals surface area contributed by atoms with E-state index < -0.39 is 31.0 Å². The summed E-state index contributed by atoms with van der Waals surface area (Å²) in [5.41, 5.74) is 2.13. The maximum atomic E-state index is 13.2. The molecule has 2 atom stereocenters. The molecule has 10 heteroatoms. The fourth-order valence-electron chi connectivity index (χ4n) is 4.97. The fourth-order valence-corrected chi connectivity index (χ4v) is 4.97. The first kappa shape index (κ1) is 23.9. The number of hydrogen-bond acceptors (Lipinski definition) is 6. The second-order valence-corrected chi connectivity index (χ2v) is 10.0. The number of hydrogen-bond donors (Lipinski definition) is 1. The normalized spacial score (nSPS) is 22.7. The summed E-state index contributed by atoms with van der Waals surface area (Å²) in [5.74, 6) is 0.753. The third kappa shape index (κ3) is 3.84. The highest BCUT2D eigenvalue weighted by Crippen LogP contribution is 2.45. The molecule has 0 saturated carbocycles. The predicted octanol–water partition coefficient (Wildman–Crippen LogP) is 4.00. The molecule has 7 nitrogen and oxygen atoms in total. The monoisotopic (exact) mass is 483 g/mol. The van der Waals surface area contributed by atoms with E-state index in [2.05, 4.69) is 5.32 Å². The van der Waals surface area contributed by atoms with Gasteiger partial charge in [0.1, 0.15) is 11.6 Å². The average molecular weight is 483 g/mol. The van der Waals surface area contributed by atoms with Gasteiger partial charge in [-0.25, -0.2) is 4.98 Å². The number of benzene rings is 2. The van der Waals surface area contributed by atoms with Crippen molar-refractivity contribution < 1.29 is 27.6 Å². The summed E-state index contributed by atoms with van der Waals surface area (Å²) in [5, 5.41) is 3.26. The van der Waals surface area contributed by atoms with Gasteiger partial charge in [-0.1, -0.05) is 18.2 Å². The number of nitrogens with zero attached hydrogens (tertiary/aromatic N) is 2. The van der Waals surface area contributed by atoms with Crippen LogP contribution in [0.15, 0.2) is 36.4 Å². The van der Waals surface area contributed by atoms with Crippen molar-refractivity contribution in [2.24, 2.45) is 0 Å². The smallest absolute Gasteiger partial charge is 0.434 e. The molecule has 2 aliphatic rings. The van der Waals surface area contributed by atoms with Crippen molar-refractivity contribution >= 4 is 29.9 Å². The largest absolute Gasteiger partial charge is 0.494 e. The van der Waals surface area contributed by atoms with E-state index in [1.807, 2.05) is 57.5 Å². The summed E-state index contributed by atoms with van der Waals surface area (Å²) in [6.07, 6.45) is 1.20. The molecule has 0 unspecified atom stereocenters. The van der Waals surface area contributed by atoms with Crippen LogP contribution in [0.3, 0.4) is 0 Å². The molecule has 184 valence electrons. The number of halogens is 2. The van der Waals surface area contributed by atoms with Crippen LogP contribution in [0, 0.1) is 0 Å². The van der Waals surface area contributed by atoms with Crippen molar-refractivity contribution in [1.29, 1.82) is 0 Å². The second kappa shape index (κ2) is 8.39. The number of ether oxygens (including phenoxy) is 1. The third-order valence-corrected chi connectivity index (χ3v) is 7.47. The first-order chi connectivity index (χ1) is 16.6. The molecule has 0 radical (unpaired) electrons. The topological polar surface area (TPSA) is 74.6 Å². The zero-order valence-electron chi connectivity index (χ0n) is 20.3. The molecule has 1 saturated heterocycles. The Morgan fingerprint density at radius 3 is 2.54 bits per heavy atom. The lowest BCUT2D eigenvalue weighted by Crippen LogP contribution is -2.41. The first-order valence-electron chi connectivity index (χ1n) is 11.6. The van der Waals surface area contributed by atoms with Gasteiger partial charge in [-0.2, -0.15) is 8.78 Å². The lowest BCUT2D eigenvalue weighted by Gasteiger charge is -2.32. The lowest BCUT2D eigenvalue weighted by atomic mass is 9.79. The van der Waals surface area contributed by atoms with Gasteiger partial charge in [0.25, 0.3) is 0 Å². The number of carbonyl (C=O) groups is 1. The maximum Gasteiger partial charge on any atom is 0.494 e. The number of aldehydes is 1. The summed E-state index contributed by atoms with van der Waals surface area (Å²) in [6.45, 7) is 4.98. The zero-order valence-corrected chi connectivity index (χ0v) is 20.3. The van der Waals surface area contributed by atoms with Gasteiger partial charge in [0, 0.05) is 11.1 Å². The number of alkyl halides is 2. The van der Waals surface area contributed by atoms with Crippen molar-refractivity contribution in [2.75, 3.05) is 7.05 Å². The van der Waals surface area contributed by atoms with Crippen LogP contribution >= 0.6 is 0 Å². The molecular formula is C25H28BF2N3O4. The van der Waals surface area contributed by atoms with Crippen LogP contribution < -0.4 is 15.5 Å². The molecule has 1 fully saturated rings. The van der Waals surface area contributed by atoms with Crippen molar-refractivity contribution in [3.63, 3.8) is 0 Å². The maximum absolute atomic E-state index is 13.2. The van der Waals surface area contributed by atoms with Crippen molar-refractivity contribution in [2.45, 2.75) is 64.0 Å². The summed E-state index contributed by atoms with van der Waals surface area (Å²) in [6, 6.07) is 9.86.